The average molecular weight is 317 g/mol. The lowest BCUT2D eigenvalue weighted by atomic mass is 10.2. The molecule has 1 heterocycles. The Kier molecular flexibility index (Phi) is 5.87. The standard InChI is InChI=1S/C17H23N3O3/c1-12(13(2)21)20-15-8-5-4-7-14(15)19-16(20)9-6-10-18-17(22)11-23-3/h4-5,7-8,12H,6,9-11H2,1-3H3,(H,18,22). The number of carbonyl (C=O) groups is 2. The second-order valence-electron chi connectivity index (χ2n) is 5.56. The van der Waals surface area contributed by atoms with Crippen LogP contribution in [0, 0.1) is 0 Å². The fourth-order valence-corrected chi connectivity index (χ4v) is 2.54. The van der Waals surface area contributed by atoms with Gasteiger partial charge in [-0.25, -0.2) is 4.98 Å². The molecular formula is C17H23N3O3. The molecule has 6 heteroatoms. The lowest BCUT2D eigenvalue weighted by Gasteiger charge is -2.15. The van der Waals surface area contributed by atoms with E-state index in [9.17, 15) is 9.59 Å². The van der Waals surface area contributed by atoms with Gasteiger partial charge in [0, 0.05) is 20.1 Å². The van der Waals surface area contributed by atoms with E-state index in [2.05, 4.69) is 10.3 Å². The highest BCUT2D eigenvalue weighted by Crippen LogP contribution is 2.22. The number of nitrogens with zero attached hydrogens (tertiary/aromatic N) is 2. The summed E-state index contributed by atoms with van der Waals surface area (Å²) in [5, 5.41) is 2.79. The lowest BCUT2D eigenvalue weighted by molar-refractivity contribution is -0.124. The van der Waals surface area contributed by atoms with Crippen molar-refractivity contribution in [1.82, 2.24) is 14.9 Å². The molecule has 2 rings (SSSR count). The van der Waals surface area contributed by atoms with Crippen molar-refractivity contribution in [2.24, 2.45) is 0 Å². The number of benzene rings is 1. The number of hydrogen-bond acceptors (Lipinski definition) is 4. The van der Waals surface area contributed by atoms with Crippen molar-refractivity contribution >= 4 is 22.7 Å². The van der Waals surface area contributed by atoms with Gasteiger partial charge in [-0.05, 0) is 32.4 Å². The van der Waals surface area contributed by atoms with Crippen LogP contribution in [0.25, 0.3) is 11.0 Å². The second-order valence-corrected chi connectivity index (χ2v) is 5.56. The van der Waals surface area contributed by atoms with Gasteiger partial charge in [0.15, 0.2) is 5.78 Å². The van der Waals surface area contributed by atoms with Crippen molar-refractivity contribution in [3.8, 4) is 0 Å². The van der Waals surface area contributed by atoms with Crippen LogP contribution in [-0.2, 0) is 20.7 Å². The first-order valence-electron chi connectivity index (χ1n) is 7.76. The Balaban J connectivity index is 2.11. The van der Waals surface area contributed by atoms with Crippen LogP contribution in [0.4, 0.5) is 0 Å². The van der Waals surface area contributed by atoms with Gasteiger partial charge >= 0.3 is 0 Å². The number of methoxy groups -OCH3 is 1. The smallest absolute Gasteiger partial charge is 0.245 e. The van der Waals surface area contributed by atoms with Crippen molar-refractivity contribution in [3.63, 3.8) is 0 Å². The maximum absolute atomic E-state index is 11.8. The zero-order valence-electron chi connectivity index (χ0n) is 13.8. The molecule has 0 saturated carbocycles. The highest BCUT2D eigenvalue weighted by molar-refractivity contribution is 5.83. The summed E-state index contributed by atoms with van der Waals surface area (Å²) in [6.45, 7) is 4.11. The first-order chi connectivity index (χ1) is 11.0. The predicted octanol–water partition coefficient (Wildman–Crippen LogP) is 1.88. The van der Waals surface area contributed by atoms with Gasteiger partial charge in [-0.3, -0.25) is 9.59 Å². The van der Waals surface area contributed by atoms with Crippen LogP contribution in [-0.4, -0.2) is 41.5 Å². The number of hydrogen-bond donors (Lipinski definition) is 1. The predicted molar refractivity (Wildman–Crippen MR) is 88.3 cm³/mol. The Morgan fingerprint density at radius 2 is 2.09 bits per heavy atom. The van der Waals surface area contributed by atoms with Gasteiger partial charge in [0.05, 0.1) is 17.1 Å². The normalized spacial score (nSPS) is 12.3. The third-order valence-electron chi connectivity index (χ3n) is 3.82. The fourth-order valence-electron chi connectivity index (χ4n) is 2.54. The number of carbonyl (C=O) groups excluding carboxylic acids is 2. The van der Waals surface area contributed by atoms with Gasteiger partial charge in [-0.1, -0.05) is 12.1 Å². The third kappa shape index (κ3) is 4.16. The van der Waals surface area contributed by atoms with Crippen LogP contribution in [0.2, 0.25) is 0 Å². The summed E-state index contributed by atoms with van der Waals surface area (Å²) in [6, 6.07) is 7.56. The van der Waals surface area contributed by atoms with E-state index in [1.807, 2.05) is 35.8 Å². The van der Waals surface area contributed by atoms with Crippen molar-refractivity contribution in [2.45, 2.75) is 32.7 Å². The summed E-state index contributed by atoms with van der Waals surface area (Å²) in [5.74, 6) is 0.843. The summed E-state index contributed by atoms with van der Waals surface area (Å²) in [4.78, 5) is 27.8. The Hall–Kier alpha value is -2.21. The number of amides is 1. The molecule has 0 radical (unpaired) electrons. The van der Waals surface area contributed by atoms with Crippen molar-refractivity contribution < 1.29 is 14.3 Å². The zero-order valence-corrected chi connectivity index (χ0v) is 13.8. The van der Waals surface area contributed by atoms with E-state index in [4.69, 9.17) is 4.74 Å². The van der Waals surface area contributed by atoms with Crippen LogP contribution in [0.15, 0.2) is 24.3 Å². The minimum absolute atomic E-state index is 0.0693. The first kappa shape index (κ1) is 17.1. The van der Waals surface area contributed by atoms with E-state index in [1.165, 1.54) is 7.11 Å². The summed E-state index contributed by atoms with van der Waals surface area (Å²) >= 11 is 0. The fraction of sp³-hybridized carbons (Fsp3) is 0.471. The van der Waals surface area contributed by atoms with E-state index in [-0.39, 0.29) is 24.3 Å². The number of fused-ring (bicyclic) bond motifs is 1. The molecule has 1 N–H and O–H groups in total. The van der Waals surface area contributed by atoms with Crippen LogP contribution < -0.4 is 5.32 Å². The van der Waals surface area contributed by atoms with Crippen molar-refractivity contribution in [3.05, 3.63) is 30.1 Å². The lowest BCUT2D eigenvalue weighted by Crippen LogP contribution is -2.28. The number of rotatable bonds is 8. The Bertz CT molecular complexity index is 693. The molecule has 0 aliphatic carbocycles. The maximum Gasteiger partial charge on any atom is 0.245 e. The zero-order chi connectivity index (χ0) is 16.8. The Labute approximate surface area is 135 Å². The molecule has 2 aromatic rings. The van der Waals surface area contributed by atoms with E-state index < -0.39 is 0 Å². The van der Waals surface area contributed by atoms with Crippen LogP contribution in [0.3, 0.4) is 0 Å². The molecule has 1 atom stereocenters. The van der Waals surface area contributed by atoms with E-state index in [0.717, 1.165) is 23.3 Å². The van der Waals surface area contributed by atoms with Gasteiger partial charge in [0.1, 0.15) is 12.4 Å². The molecule has 0 bridgehead atoms. The molecule has 1 aromatic carbocycles. The van der Waals surface area contributed by atoms with E-state index in [0.29, 0.717) is 13.0 Å². The van der Waals surface area contributed by atoms with Gasteiger partial charge in [0.2, 0.25) is 5.91 Å². The largest absolute Gasteiger partial charge is 0.375 e. The van der Waals surface area contributed by atoms with Gasteiger partial charge in [0.25, 0.3) is 0 Å². The molecule has 0 saturated heterocycles. The molecule has 1 unspecified atom stereocenters. The Morgan fingerprint density at radius 1 is 1.35 bits per heavy atom. The number of imidazole rings is 1. The summed E-state index contributed by atoms with van der Waals surface area (Å²) < 4.78 is 6.76. The molecular weight excluding hydrogens is 294 g/mol. The van der Waals surface area contributed by atoms with Gasteiger partial charge in [-0.15, -0.1) is 0 Å². The SMILES string of the molecule is COCC(=O)NCCCc1nc2ccccc2n1C(C)C(C)=O. The van der Waals surface area contributed by atoms with E-state index in [1.54, 1.807) is 6.92 Å². The van der Waals surface area contributed by atoms with Crippen LogP contribution in [0.5, 0.6) is 0 Å². The molecule has 0 aliphatic heterocycles. The maximum atomic E-state index is 11.8. The highest BCUT2D eigenvalue weighted by Gasteiger charge is 2.18. The highest BCUT2D eigenvalue weighted by atomic mass is 16.5. The number of Topliss-reactive ketones (excluding diaryl/α,β-unsaturated/α-hetero) is 1. The summed E-state index contributed by atoms with van der Waals surface area (Å²) in [5.41, 5.74) is 1.85. The van der Waals surface area contributed by atoms with Gasteiger partial charge < -0.3 is 14.6 Å². The number of aromatic nitrogens is 2. The number of aryl methyl sites for hydroxylation is 1. The number of ketones is 1. The molecule has 1 amide bonds. The number of para-hydroxylation sites is 2. The summed E-state index contributed by atoms with van der Waals surface area (Å²) in [6.07, 6.45) is 1.45. The molecule has 0 spiro atoms. The van der Waals surface area contributed by atoms with Crippen molar-refractivity contribution in [2.75, 3.05) is 20.3 Å². The molecule has 6 nitrogen and oxygen atoms in total. The van der Waals surface area contributed by atoms with E-state index >= 15 is 0 Å². The van der Waals surface area contributed by atoms with Crippen molar-refractivity contribution in [1.29, 1.82) is 0 Å². The van der Waals surface area contributed by atoms with Crippen LogP contribution in [0.1, 0.15) is 32.1 Å². The minimum Gasteiger partial charge on any atom is -0.375 e. The third-order valence-corrected chi connectivity index (χ3v) is 3.82. The minimum atomic E-state index is -0.250. The second kappa shape index (κ2) is 7.87. The molecule has 124 valence electrons. The molecule has 0 aliphatic rings. The number of nitrogens with one attached hydrogen (secondary N) is 1. The number of ether oxygens (including phenoxy) is 1. The summed E-state index contributed by atoms with van der Waals surface area (Å²) in [7, 11) is 1.49. The molecule has 0 fully saturated rings. The quantitative estimate of drug-likeness (QED) is 0.755. The van der Waals surface area contributed by atoms with Gasteiger partial charge in [-0.2, -0.15) is 0 Å². The molecule has 1 aromatic heterocycles. The Morgan fingerprint density at radius 3 is 2.78 bits per heavy atom. The molecule has 23 heavy (non-hydrogen) atoms. The monoisotopic (exact) mass is 317 g/mol. The van der Waals surface area contributed by atoms with Crippen LogP contribution >= 0.6 is 0 Å². The first-order valence-corrected chi connectivity index (χ1v) is 7.76. The average Bonchev–Trinajstić information content (AvgIpc) is 2.89. The topological polar surface area (TPSA) is 73.2 Å².